The summed E-state index contributed by atoms with van der Waals surface area (Å²) in [5, 5.41) is 13.4. The Balaban J connectivity index is 1.75. The molecule has 0 spiro atoms. The highest BCUT2D eigenvalue weighted by Crippen LogP contribution is 2.34. The second kappa shape index (κ2) is 7.99. The number of thiazole rings is 1. The molecule has 1 N–H and O–H groups in total. The first-order valence-corrected chi connectivity index (χ1v) is 10.4. The number of hydrogen-bond acceptors (Lipinski definition) is 3. The van der Waals surface area contributed by atoms with Gasteiger partial charge in [0, 0.05) is 16.5 Å². The number of hydrogen-bond donors (Lipinski definition) is 1. The lowest BCUT2D eigenvalue weighted by atomic mass is 9.96. The van der Waals surface area contributed by atoms with Gasteiger partial charge in [-0.1, -0.05) is 71.2 Å². The van der Waals surface area contributed by atoms with Crippen molar-refractivity contribution in [3.63, 3.8) is 0 Å². The number of aryl methyl sites for hydroxylation is 1. The van der Waals surface area contributed by atoms with Crippen LogP contribution >= 0.6 is 34.5 Å². The summed E-state index contributed by atoms with van der Waals surface area (Å²) in [6.07, 6.45) is 0. The summed E-state index contributed by atoms with van der Waals surface area (Å²) in [6.45, 7) is 1.98. The molecule has 0 saturated heterocycles. The van der Waals surface area contributed by atoms with Gasteiger partial charge in [0.05, 0.1) is 21.3 Å². The zero-order valence-electron chi connectivity index (χ0n) is 15.3. The van der Waals surface area contributed by atoms with E-state index >= 15 is 0 Å². The van der Waals surface area contributed by atoms with E-state index in [2.05, 4.69) is 4.98 Å². The largest absolute Gasteiger partial charge is 0.478 e. The quantitative estimate of drug-likeness (QED) is 0.358. The van der Waals surface area contributed by atoms with Crippen LogP contribution in [0, 0.1) is 6.92 Å². The topological polar surface area (TPSA) is 50.2 Å². The molecule has 6 heteroatoms. The maximum absolute atomic E-state index is 11.9. The number of nitrogens with zero attached hydrogens (tertiary/aromatic N) is 1. The zero-order valence-corrected chi connectivity index (χ0v) is 17.6. The standard InChI is InChI=1S/C23H15Cl2NO2S/c1-13-3-2-4-14(9-13)17-7-5-16(10-18(17)23(27)28)22-26-21(12-29-22)15-6-8-19(24)20(25)11-15/h2-12H,1H3,(H,27,28). The lowest BCUT2D eigenvalue weighted by molar-refractivity contribution is 0.0698. The SMILES string of the molecule is Cc1cccc(-c2ccc(-c3nc(-c4ccc(Cl)c(Cl)c4)cs3)cc2C(=O)O)c1. The smallest absolute Gasteiger partial charge is 0.336 e. The number of carboxylic acids is 1. The molecule has 3 nitrogen and oxygen atoms in total. The Morgan fingerprint density at radius 1 is 0.931 bits per heavy atom. The summed E-state index contributed by atoms with van der Waals surface area (Å²) in [4.78, 5) is 16.6. The minimum atomic E-state index is -0.968. The van der Waals surface area contributed by atoms with Crippen molar-refractivity contribution in [2.24, 2.45) is 0 Å². The highest BCUT2D eigenvalue weighted by atomic mass is 35.5. The fourth-order valence-electron chi connectivity index (χ4n) is 3.11. The Morgan fingerprint density at radius 3 is 2.45 bits per heavy atom. The van der Waals surface area contributed by atoms with Gasteiger partial charge in [-0.3, -0.25) is 0 Å². The third kappa shape index (κ3) is 4.06. The Morgan fingerprint density at radius 2 is 1.72 bits per heavy atom. The summed E-state index contributed by atoms with van der Waals surface area (Å²) < 4.78 is 0. The number of carbonyl (C=O) groups is 1. The van der Waals surface area contributed by atoms with E-state index in [0.29, 0.717) is 15.6 Å². The third-order valence-electron chi connectivity index (χ3n) is 4.55. The first-order valence-electron chi connectivity index (χ1n) is 8.78. The van der Waals surface area contributed by atoms with E-state index in [4.69, 9.17) is 23.2 Å². The van der Waals surface area contributed by atoms with Crippen LogP contribution in [-0.4, -0.2) is 16.1 Å². The molecule has 144 valence electrons. The lowest BCUT2D eigenvalue weighted by Crippen LogP contribution is -2.00. The maximum atomic E-state index is 11.9. The van der Waals surface area contributed by atoms with Crippen molar-refractivity contribution >= 4 is 40.5 Å². The van der Waals surface area contributed by atoms with E-state index in [1.165, 1.54) is 11.3 Å². The fourth-order valence-corrected chi connectivity index (χ4v) is 4.24. The van der Waals surface area contributed by atoms with Gasteiger partial charge in [0.15, 0.2) is 0 Å². The summed E-state index contributed by atoms with van der Waals surface area (Å²) in [5.41, 5.74) is 5.28. The molecule has 1 heterocycles. The Labute approximate surface area is 182 Å². The van der Waals surface area contributed by atoms with Crippen molar-refractivity contribution in [2.45, 2.75) is 6.92 Å². The minimum absolute atomic E-state index is 0.249. The summed E-state index contributed by atoms with van der Waals surface area (Å²) in [7, 11) is 0. The molecule has 0 saturated carbocycles. The van der Waals surface area contributed by atoms with Crippen LogP contribution in [0.2, 0.25) is 10.0 Å². The van der Waals surface area contributed by atoms with Crippen LogP contribution in [0.25, 0.3) is 33.0 Å². The molecule has 0 amide bonds. The molecule has 0 aliphatic rings. The van der Waals surface area contributed by atoms with E-state index in [1.807, 2.05) is 54.8 Å². The first kappa shape index (κ1) is 19.6. The van der Waals surface area contributed by atoms with Gasteiger partial charge in [-0.25, -0.2) is 9.78 Å². The molecular formula is C23H15Cl2NO2S. The Kier molecular flexibility index (Phi) is 5.41. The van der Waals surface area contributed by atoms with Crippen LogP contribution in [-0.2, 0) is 0 Å². The predicted molar refractivity (Wildman–Crippen MR) is 120 cm³/mol. The first-order chi connectivity index (χ1) is 13.9. The molecular weight excluding hydrogens is 425 g/mol. The Bertz CT molecular complexity index is 1230. The number of aromatic nitrogens is 1. The summed E-state index contributed by atoms with van der Waals surface area (Å²) >= 11 is 13.5. The normalized spacial score (nSPS) is 10.9. The number of benzene rings is 3. The van der Waals surface area contributed by atoms with Crippen molar-refractivity contribution in [1.82, 2.24) is 4.98 Å². The van der Waals surface area contributed by atoms with E-state index in [-0.39, 0.29) is 5.56 Å². The second-order valence-corrected chi connectivity index (χ2v) is 8.27. The summed E-state index contributed by atoms with van der Waals surface area (Å²) in [6, 6.07) is 18.6. The molecule has 0 bridgehead atoms. The van der Waals surface area contributed by atoms with E-state index in [9.17, 15) is 9.90 Å². The van der Waals surface area contributed by atoms with Gasteiger partial charge >= 0.3 is 5.97 Å². The molecule has 29 heavy (non-hydrogen) atoms. The molecule has 0 atom stereocenters. The molecule has 1 aromatic heterocycles. The van der Waals surface area contributed by atoms with Crippen molar-refractivity contribution in [2.75, 3.05) is 0 Å². The molecule has 0 unspecified atom stereocenters. The number of halogens is 2. The highest BCUT2D eigenvalue weighted by Gasteiger charge is 2.15. The van der Waals surface area contributed by atoms with E-state index in [0.717, 1.165) is 33.0 Å². The fraction of sp³-hybridized carbons (Fsp3) is 0.0435. The number of rotatable bonds is 4. The third-order valence-corrected chi connectivity index (χ3v) is 6.18. The van der Waals surface area contributed by atoms with E-state index < -0.39 is 5.97 Å². The van der Waals surface area contributed by atoms with Gasteiger partial charge in [0.1, 0.15) is 5.01 Å². The molecule has 0 aliphatic heterocycles. The van der Waals surface area contributed by atoms with Crippen LogP contribution in [0.15, 0.2) is 66.0 Å². The predicted octanol–water partition coefficient (Wildman–Crippen LogP) is 7.46. The van der Waals surface area contributed by atoms with Crippen LogP contribution in [0.5, 0.6) is 0 Å². The van der Waals surface area contributed by atoms with Crippen molar-refractivity contribution < 1.29 is 9.90 Å². The number of carboxylic acid groups (broad SMARTS) is 1. The molecule has 0 radical (unpaired) electrons. The maximum Gasteiger partial charge on any atom is 0.336 e. The van der Waals surface area contributed by atoms with Crippen molar-refractivity contribution in [3.05, 3.63) is 87.2 Å². The van der Waals surface area contributed by atoms with Gasteiger partial charge in [-0.05, 0) is 36.2 Å². The van der Waals surface area contributed by atoms with Crippen molar-refractivity contribution in [3.8, 4) is 33.0 Å². The molecule has 0 fully saturated rings. The van der Waals surface area contributed by atoms with Gasteiger partial charge in [-0.2, -0.15) is 0 Å². The van der Waals surface area contributed by atoms with Crippen molar-refractivity contribution in [1.29, 1.82) is 0 Å². The Hall–Kier alpha value is -2.66. The van der Waals surface area contributed by atoms with Gasteiger partial charge in [-0.15, -0.1) is 11.3 Å². The monoisotopic (exact) mass is 439 g/mol. The van der Waals surface area contributed by atoms with Crippen LogP contribution in [0.3, 0.4) is 0 Å². The van der Waals surface area contributed by atoms with Crippen LogP contribution in [0.4, 0.5) is 0 Å². The van der Waals surface area contributed by atoms with Crippen LogP contribution in [0.1, 0.15) is 15.9 Å². The molecule has 0 aliphatic carbocycles. The molecule has 4 aromatic rings. The van der Waals surface area contributed by atoms with Gasteiger partial charge in [0.2, 0.25) is 0 Å². The van der Waals surface area contributed by atoms with Crippen LogP contribution < -0.4 is 0 Å². The second-order valence-electron chi connectivity index (χ2n) is 6.60. The molecule has 4 rings (SSSR count). The zero-order chi connectivity index (χ0) is 20.5. The lowest BCUT2D eigenvalue weighted by Gasteiger charge is -2.09. The van der Waals surface area contributed by atoms with Gasteiger partial charge < -0.3 is 5.11 Å². The number of aromatic carboxylic acids is 1. The average Bonchev–Trinajstić information content (AvgIpc) is 3.20. The average molecular weight is 440 g/mol. The molecule has 3 aromatic carbocycles. The van der Waals surface area contributed by atoms with E-state index in [1.54, 1.807) is 18.2 Å². The minimum Gasteiger partial charge on any atom is -0.478 e. The van der Waals surface area contributed by atoms with Gasteiger partial charge in [0.25, 0.3) is 0 Å². The summed E-state index contributed by atoms with van der Waals surface area (Å²) in [5.74, 6) is -0.968. The highest BCUT2D eigenvalue weighted by molar-refractivity contribution is 7.13.